The van der Waals surface area contributed by atoms with E-state index in [2.05, 4.69) is 11.8 Å². The first-order valence-corrected chi connectivity index (χ1v) is 6.87. The summed E-state index contributed by atoms with van der Waals surface area (Å²) in [6.45, 7) is 5.04. The summed E-state index contributed by atoms with van der Waals surface area (Å²) in [5, 5.41) is 0. The van der Waals surface area contributed by atoms with Gasteiger partial charge in [-0.3, -0.25) is 4.79 Å². The highest BCUT2D eigenvalue weighted by atomic mass is 16.1. The van der Waals surface area contributed by atoms with Gasteiger partial charge in [0.2, 0.25) is 5.91 Å². The van der Waals surface area contributed by atoms with Crippen LogP contribution in [0.1, 0.15) is 39.0 Å². The highest BCUT2D eigenvalue weighted by molar-refractivity contribution is 5.85. The molecule has 1 aliphatic carbocycles. The Hall–Kier alpha value is -0.610. The molecular weight excluding hydrogens is 214 g/mol. The Morgan fingerprint density at radius 2 is 1.88 bits per heavy atom. The summed E-state index contributed by atoms with van der Waals surface area (Å²) >= 11 is 0. The zero-order valence-corrected chi connectivity index (χ0v) is 10.8. The smallest absolute Gasteiger partial charge is 0.239 e. The number of carbonyl (C=O) groups excluding carboxylic acids is 1. The molecule has 1 amide bonds. The number of likely N-dealkylation sites (tertiary alicyclic amines) is 1. The van der Waals surface area contributed by atoms with E-state index in [1.165, 1.54) is 19.3 Å². The molecule has 1 atom stereocenters. The van der Waals surface area contributed by atoms with Crippen LogP contribution in [0.5, 0.6) is 0 Å². The third kappa shape index (κ3) is 2.80. The number of nitrogens with zero attached hydrogens (tertiary/aromatic N) is 1. The van der Waals surface area contributed by atoms with Crippen molar-refractivity contribution in [1.82, 2.24) is 4.90 Å². The Kier molecular flexibility index (Phi) is 3.73. The van der Waals surface area contributed by atoms with Gasteiger partial charge in [0.1, 0.15) is 5.54 Å². The minimum absolute atomic E-state index is 0.322. The summed E-state index contributed by atoms with van der Waals surface area (Å²) in [5.74, 6) is 0.856. The average molecular weight is 239 g/mol. The second-order valence-corrected chi connectivity index (χ2v) is 5.81. The molecule has 2 rings (SSSR count). The van der Waals surface area contributed by atoms with Crippen molar-refractivity contribution in [2.24, 2.45) is 23.3 Å². The maximum Gasteiger partial charge on any atom is 0.239 e. The molecule has 1 heterocycles. The molecule has 0 bridgehead atoms. The van der Waals surface area contributed by atoms with Crippen molar-refractivity contribution in [3.63, 3.8) is 0 Å². The minimum atomic E-state index is -0.779. The maximum atomic E-state index is 11.6. The van der Waals surface area contributed by atoms with Crippen LogP contribution in [0.3, 0.4) is 0 Å². The van der Waals surface area contributed by atoms with Gasteiger partial charge in [0.25, 0.3) is 0 Å². The SMILES string of the molecule is CCC1CCN(CC(N)(C(N)=O)C2CC2)CC1. The van der Waals surface area contributed by atoms with Crippen LogP contribution in [-0.2, 0) is 4.79 Å². The van der Waals surface area contributed by atoms with Crippen LogP contribution in [-0.4, -0.2) is 36.0 Å². The molecule has 0 aromatic carbocycles. The predicted molar refractivity (Wildman–Crippen MR) is 68.3 cm³/mol. The third-order valence-electron chi connectivity index (χ3n) is 4.53. The number of piperidine rings is 1. The van der Waals surface area contributed by atoms with E-state index in [1.807, 2.05) is 0 Å². The lowest BCUT2D eigenvalue weighted by Gasteiger charge is -2.37. The first-order chi connectivity index (χ1) is 8.06. The Morgan fingerprint density at radius 3 is 2.29 bits per heavy atom. The number of nitrogens with two attached hydrogens (primary N) is 2. The fraction of sp³-hybridized carbons (Fsp3) is 0.923. The normalized spacial score (nSPS) is 26.7. The number of rotatable bonds is 5. The van der Waals surface area contributed by atoms with Crippen molar-refractivity contribution in [2.75, 3.05) is 19.6 Å². The molecule has 0 spiro atoms. The maximum absolute atomic E-state index is 11.6. The largest absolute Gasteiger partial charge is 0.368 e. The predicted octanol–water partition coefficient (Wildman–Crippen LogP) is 0.701. The summed E-state index contributed by atoms with van der Waals surface area (Å²) < 4.78 is 0. The van der Waals surface area contributed by atoms with Gasteiger partial charge in [-0.15, -0.1) is 0 Å². The van der Waals surface area contributed by atoms with Crippen molar-refractivity contribution >= 4 is 5.91 Å². The second-order valence-electron chi connectivity index (χ2n) is 5.81. The number of hydrogen-bond donors (Lipinski definition) is 2. The zero-order valence-electron chi connectivity index (χ0n) is 10.8. The van der Waals surface area contributed by atoms with Crippen molar-refractivity contribution in [2.45, 2.75) is 44.6 Å². The van der Waals surface area contributed by atoms with Crippen LogP contribution in [0.2, 0.25) is 0 Å². The van der Waals surface area contributed by atoms with Gasteiger partial charge in [0.15, 0.2) is 0 Å². The van der Waals surface area contributed by atoms with E-state index in [0.29, 0.717) is 12.5 Å². The highest BCUT2D eigenvalue weighted by Gasteiger charge is 2.47. The molecule has 4 nitrogen and oxygen atoms in total. The van der Waals surface area contributed by atoms with E-state index >= 15 is 0 Å². The van der Waals surface area contributed by atoms with E-state index in [9.17, 15) is 4.79 Å². The first-order valence-electron chi connectivity index (χ1n) is 6.87. The van der Waals surface area contributed by atoms with Gasteiger partial charge in [-0.25, -0.2) is 0 Å². The number of carbonyl (C=O) groups is 1. The topological polar surface area (TPSA) is 72.3 Å². The molecule has 4 heteroatoms. The van der Waals surface area contributed by atoms with Gasteiger partial charge in [-0.2, -0.15) is 0 Å². The number of amides is 1. The summed E-state index contributed by atoms with van der Waals surface area (Å²) in [6.07, 6.45) is 5.85. The number of primary amides is 1. The molecule has 2 fully saturated rings. The van der Waals surface area contributed by atoms with Gasteiger partial charge in [-0.05, 0) is 50.6 Å². The Bertz CT molecular complexity index is 282. The zero-order chi connectivity index (χ0) is 12.5. The molecule has 2 aliphatic rings. The second kappa shape index (κ2) is 4.94. The Balaban J connectivity index is 1.89. The molecule has 0 aromatic heterocycles. The van der Waals surface area contributed by atoms with Crippen LogP contribution in [0, 0.1) is 11.8 Å². The lowest BCUT2D eigenvalue weighted by atomic mass is 9.89. The van der Waals surface area contributed by atoms with E-state index in [0.717, 1.165) is 31.8 Å². The monoisotopic (exact) mass is 239 g/mol. The van der Waals surface area contributed by atoms with E-state index in [-0.39, 0.29) is 5.91 Å². The summed E-state index contributed by atoms with van der Waals surface area (Å²) in [6, 6.07) is 0. The Labute approximate surface area is 104 Å². The van der Waals surface area contributed by atoms with E-state index < -0.39 is 5.54 Å². The van der Waals surface area contributed by atoms with Crippen molar-refractivity contribution in [3.05, 3.63) is 0 Å². The molecule has 1 saturated heterocycles. The van der Waals surface area contributed by atoms with Crippen LogP contribution in [0.15, 0.2) is 0 Å². The fourth-order valence-electron chi connectivity index (χ4n) is 2.93. The lowest BCUT2D eigenvalue weighted by Crippen LogP contribution is -2.61. The Morgan fingerprint density at radius 1 is 1.29 bits per heavy atom. The third-order valence-corrected chi connectivity index (χ3v) is 4.53. The van der Waals surface area contributed by atoms with Crippen molar-refractivity contribution < 1.29 is 4.79 Å². The summed E-state index contributed by atoms with van der Waals surface area (Å²) in [4.78, 5) is 13.9. The molecule has 0 radical (unpaired) electrons. The van der Waals surface area contributed by atoms with Crippen LogP contribution < -0.4 is 11.5 Å². The molecule has 1 saturated carbocycles. The molecule has 17 heavy (non-hydrogen) atoms. The molecule has 0 aromatic rings. The lowest BCUT2D eigenvalue weighted by molar-refractivity contribution is -0.124. The number of hydrogen-bond acceptors (Lipinski definition) is 3. The molecule has 4 N–H and O–H groups in total. The average Bonchev–Trinajstić information content (AvgIpc) is 3.13. The summed E-state index contributed by atoms with van der Waals surface area (Å²) in [7, 11) is 0. The quantitative estimate of drug-likeness (QED) is 0.742. The van der Waals surface area contributed by atoms with Crippen molar-refractivity contribution in [3.8, 4) is 0 Å². The van der Waals surface area contributed by atoms with Crippen LogP contribution >= 0.6 is 0 Å². The van der Waals surface area contributed by atoms with Gasteiger partial charge >= 0.3 is 0 Å². The van der Waals surface area contributed by atoms with E-state index in [4.69, 9.17) is 11.5 Å². The first kappa shape index (κ1) is 12.8. The van der Waals surface area contributed by atoms with Crippen LogP contribution in [0.4, 0.5) is 0 Å². The van der Waals surface area contributed by atoms with Gasteiger partial charge in [-0.1, -0.05) is 13.3 Å². The van der Waals surface area contributed by atoms with Gasteiger partial charge < -0.3 is 16.4 Å². The standard InChI is InChI=1S/C13H25N3O/c1-2-10-5-7-16(8-6-10)9-13(15,12(14)17)11-3-4-11/h10-11H,2-9,15H2,1H3,(H2,14,17). The van der Waals surface area contributed by atoms with Gasteiger partial charge in [0, 0.05) is 6.54 Å². The highest BCUT2D eigenvalue weighted by Crippen LogP contribution is 2.39. The fourth-order valence-corrected chi connectivity index (χ4v) is 2.93. The van der Waals surface area contributed by atoms with Crippen LogP contribution in [0.25, 0.3) is 0 Å². The van der Waals surface area contributed by atoms with E-state index in [1.54, 1.807) is 0 Å². The van der Waals surface area contributed by atoms with Gasteiger partial charge in [0.05, 0.1) is 0 Å². The molecule has 1 unspecified atom stereocenters. The van der Waals surface area contributed by atoms with Crippen molar-refractivity contribution in [1.29, 1.82) is 0 Å². The minimum Gasteiger partial charge on any atom is -0.368 e. The molecule has 98 valence electrons. The molecular formula is C13H25N3O. The molecule has 1 aliphatic heterocycles. The summed E-state index contributed by atoms with van der Waals surface area (Å²) in [5.41, 5.74) is 10.9.